The van der Waals surface area contributed by atoms with Gasteiger partial charge in [0.25, 0.3) is 0 Å². The third-order valence-corrected chi connectivity index (χ3v) is 11.0. The minimum atomic E-state index is 1.14. The minimum absolute atomic E-state index is 1.14. The number of benzene rings is 9. The van der Waals surface area contributed by atoms with Crippen molar-refractivity contribution in [3.63, 3.8) is 0 Å². The van der Waals surface area contributed by atoms with E-state index in [1.807, 2.05) is 0 Å². The van der Waals surface area contributed by atoms with Crippen LogP contribution < -0.4 is 4.90 Å². The molecule has 0 saturated carbocycles. The zero-order chi connectivity index (χ0) is 35.5. The van der Waals surface area contributed by atoms with Crippen molar-refractivity contribution in [1.82, 2.24) is 0 Å². The number of nitrogens with zero attached hydrogens (tertiary/aromatic N) is 1. The number of hydrogen-bond donors (Lipinski definition) is 0. The fraction of sp³-hybridized carbons (Fsp3) is 0.0385. The standard InChI is InChI=1S/C52H37N/c1-34-18-20-42(37-14-8-4-9-15-37)32-51(34)53(52-33-43(21-19-35(52)2)38-16-10-5-11-17-38)46-25-24-41-29-48-47-28-40-23-22-39(36-12-6-3-7-13-36)26-44(40)30-49(47)50(48)31-45(41)27-46/h3-33H,1-2H3. The zero-order valence-corrected chi connectivity index (χ0v) is 29.8. The first kappa shape index (κ1) is 31.1. The molecule has 0 atom stereocenters. The maximum absolute atomic E-state index is 2.47. The number of anilines is 3. The lowest BCUT2D eigenvalue weighted by Gasteiger charge is -2.30. The molecule has 0 saturated heterocycles. The Morgan fingerprint density at radius 3 is 1.13 bits per heavy atom. The fourth-order valence-corrected chi connectivity index (χ4v) is 8.09. The van der Waals surface area contributed by atoms with Crippen molar-refractivity contribution in [2.75, 3.05) is 4.90 Å². The van der Waals surface area contributed by atoms with Crippen LogP contribution in [-0.4, -0.2) is 0 Å². The molecule has 9 aromatic carbocycles. The van der Waals surface area contributed by atoms with E-state index in [-0.39, 0.29) is 0 Å². The molecule has 0 radical (unpaired) electrons. The van der Waals surface area contributed by atoms with Crippen molar-refractivity contribution >= 4 is 38.6 Å². The van der Waals surface area contributed by atoms with Gasteiger partial charge in [-0.05, 0) is 157 Å². The van der Waals surface area contributed by atoms with E-state index in [9.17, 15) is 0 Å². The Bertz CT molecular complexity index is 2750. The maximum Gasteiger partial charge on any atom is 0.0497 e. The predicted octanol–water partition coefficient (Wildman–Crippen LogP) is 14.7. The minimum Gasteiger partial charge on any atom is -0.310 e. The molecule has 250 valence electrons. The molecule has 0 fully saturated rings. The van der Waals surface area contributed by atoms with Crippen LogP contribution in [0.15, 0.2) is 188 Å². The number of rotatable bonds is 6. The normalized spacial score (nSPS) is 11.6. The summed E-state index contributed by atoms with van der Waals surface area (Å²) < 4.78 is 0. The fourth-order valence-electron chi connectivity index (χ4n) is 8.09. The highest BCUT2D eigenvalue weighted by atomic mass is 15.1. The summed E-state index contributed by atoms with van der Waals surface area (Å²) in [6.45, 7) is 4.45. The molecule has 10 rings (SSSR count). The zero-order valence-electron chi connectivity index (χ0n) is 29.8. The van der Waals surface area contributed by atoms with E-state index in [1.165, 1.54) is 99.7 Å². The molecule has 1 aliphatic rings. The number of hydrogen-bond acceptors (Lipinski definition) is 1. The molecule has 0 N–H and O–H groups in total. The van der Waals surface area contributed by atoms with E-state index >= 15 is 0 Å². The summed E-state index contributed by atoms with van der Waals surface area (Å²) >= 11 is 0. The molecule has 0 bridgehead atoms. The van der Waals surface area contributed by atoms with Gasteiger partial charge in [-0.1, -0.05) is 133 Å². The molecule has 9 aromatic rings. The smallest absolute Gasteiger partial charge is 0.0497 e. The van der Waals surface area contributed by atoms with Crippen LogP contribution in [0.4, 0.5) is 17.1 Å². The molecule has 0 spiro atoms. The summed E-state index contributed by atoms with van der Waals surface area (Å²) in [6.07, 6.45) is 0. The van der Waals surface area contributed by atoms with Crippen molar-refractivity contribution < 1.29 is 0 Å². The average molecular weight is 676 g/mol. The Morgan fingerprint density at radius 1 is 0.283 bits per heavy atom. The lowest BCUT2D eigenvalue weighted by molar-refractivity contribution is 1.23. The van der Waals surface area contributed by atoms with Gasteiger partial charge in [-0.15, -0.1) is 0 Å². The van der Waals surface area contributed by atoms with Crippen molar-refractivity contribution in [3.05, 3.63) is 199 Å². The molecule has 1 aliphatic carbocycles. The summed E-state index contributed by atoms with van der Waals surface area (Å²) in [7, 11) is 0. The first-order chi connectivity index (χ1) is 26.1. The van der Waals surface area contributed by atoms with Gasteiger partial charge in [-0.3, -0.25) is 0 Å². The molecule has 0 aliphatic heterocycles. The van der Waals surface area contributed by atoms with Crippen LogP contribution >= 0.6 is 0 Å². The van der Waals surface area contributed by atoms with Crippen LogP contribution in [0.3, 0.4) is 0 Å². The first-order valence-corrected chi connectivity index (χ1v) is 18.4. The molecule has 1 nitrogen and oxygen atoms in total. The Labute approximate surface area is 311 Å². The summed E-state index contributed by atoms with van der Waals surface area (Å²) in [5.41, 5.74) is 18.6. The van der Waals surface area contributed by atoms with Gasteiger partial charge in [0.05, 0.1) is 0 Å². The largest absolute Gasteiger partial charge is 0.310 e. The summed E-state index contributed by atoms with van der Waals surface area (Å²) in [4.78, 5) is 2.47. The molecule has 0 amide bonds. The molecular formula is C52H37N. The second-order valence-corrected chi connectivity index (χ2v) is 14.3. The van der Waals surface area contributed by atoms with E-state index in [1.54, 1.807) is 0 Å². The van der Waals surface area contributed by atoms with E-state index in [2.05, 4.69) is 207 Å². The van der Waals surface area contributed by atoms with Crippen molar-refractivity contribution in [1.29, 1.82) is 0 Å². The average Bonchev–Trinajstić information content (AvgIpc) is 3.21. The number of aryl methyl sites for hydroxylation is 2. The van der Waals surface area contributed by atoms with Gasteiger partial charge in [0.2, 0.25) is 0 Å². The van der Waals surface area contributed by atoms with Crippen LogP contribution in [-0.2, 0) is 0 Å². The second kappa shape index (κ2) is 12.5. The number of fused-ring (bicyclic) bond motifs is 6. The van der Waals surface area contributed by atoms with Gasteiger partial charge in [0.1, 0.15) is 0 Å². The summed E-state index contributed by atoms with van der Waals surface area (Å²) in [5.74, 6) is 0. The van der Waals surface area contributed by atoms with Crippen molar-refractivity contribution in [2.24, 2.45) is 0 Å². The van der Waals surface area contributed by atoms with Crippen LogP contribution in [0, 0.1) is 13.8 Å². The van der Waals surface area contributed by atoms with E-state index in [0.29, 0.717) is 0 Å². The lowest BCUT2D eigenvalue weighted by atomic mass is 9.77. The van der Waals surface area contributed by atoms with E-state index in [0.717, 1.165) is 5.69 Å². The third-order valence-electron chi connectivity index (χ3n) is 11.0. The van der Waals surface area contributed by atoms with Gasteiger partial charge in [0.15, 0.2) is 0 Å². The molecule has 53 heavy (non-hydrogen) atoms. The molecule has 0 heterocycles. The topological polar surface area (TPSA) is 3.24 Å². The van der Waals surface area contributed by atoms with Gasteiger partial charge >= 0.3 is 0 Å². The Hall–Kier alpha value is -6.70. The van der Waals surface area contributed by atoms with Crippen LogP contribution in [0.25, 0.3) is 77.2 Å². The first-order valence-electron chi connectivity index (χ1n) is 18.4. The highest BCUT2D eigenvalue weighted by Gasteiger charge is 2.25. The lowest BCUT2D eigenvalue weighted by Crippen LogP contribution is -2.13. The Morgan fingerprint density at radius 2 is 0.660 bits per heavy atom. The van der Waals surface area contributed by atoms with Gasteiger partial charge in [0, 0.05) is 17.1 Å². The molecule has 0 unspecified atom stereocenters. The third kappa shape index (κ3) is 5.41. The highest BCUT2D eigenvalue weighted by Crippen LogP contribution is 2.51. The predicted molar refractivity (Wildman–Crippen MR) is 226 cm³/mol. The van der Waals surface area contributed by atoms with E-state index in [4.69, 9.17) is 0 Å². The molecule has 0 aromatic heterocycles. The van der Waals surface area contributed by atoms with Crippen LogP contribution in [0.5, 0.6) is 0 Å². The summed E-state index contributed by atoms with van der Waals surface area (Å²) in [6, 6.07) is 69.1. The van der Waals surface area contributed by atoms with Crippen molar-refractivity contribution in [2.45, 2.75) is 13.8 Å². The Balaban J connectivity index is 1.12. The van der Waals surface area contributed by atoms with Crippen LogP contribution in [0.1, 0.15) is 11.1 Å². The van der Waals surface area contributed by atoms with Crippen LogP contribution in [0.2, 0.25) is 0 Å². The summed E-state index contributed by atoms with van der Waals surface area (Å²) in [5, 5.41) is 5.05. The molecular weight excluding hydrogens is 639 g/mol. The molecule has 1 heteroatoms. The van der Waals surface area contributed by atoms with Gasteiger partial charge in [-0.25, -0.2) is 0 Å². The quantitative estimate of drug-likeness (QED) is 0.170. The van der Waals surface area contributed by atoms with Gasteiger partial charge < -0.3 is 4.90 Å². The second-order valence-electron chi connectivity index (χ2n) is 14.3. The Kier molecular flexibility index (Phi) is 7.33. The van der Waals surface area contributed by atoms with Crippen molar-refractivity contribution in [3.8, 4) is 55.6 Å². The SMILES string of the molecule is Cc1ccc(-c2ccccc2)cc1N(c1ccc2cc3c(cc2c1)-c1cc2cc(-c4ccccc4)ccc2cc1-3)c1cc(-c2ccccc2)ccc1C. The van der Waals surface area contributed by atoms with Gasteiger partial charge in [-0.2, -0.15) is 0 Å². The van der Waals surface area contributed by atoms with E-state index < -0.39 is 0 Å². The maximum atomic E-state index is 2.47. The highest BCUT2D eigenvalue weighted by molar-refractivity contribution is 6.12. The monoisotopic (exact) mass is 675 g/mol.